The Balaban J connectivity index is 2.08. The topological polar surface area (TPSA) is 38.3 Å². The first-order chi connectivity index (χ1) is 9.11. The van der Waals surface area contributed by atoms with E-state index in [4.69, 9.17) is 4.74 Å². The minimum Gasteiger partial charge on any atom is -0.496 e. The van der Waals surface area contributed by atoms with Crippen molar-refractivity contribution in [2.45, 2.75) is 45.6 Å². The van der Waals surface area contributed by atoms with Gasteiger partial charge in [0.1, 0.15) is 5.75 Å². The first-order valence-corrected chi connectivity index (χ1v) is 7.06. The molecule has 1 saturated carbocycles. The number of benzene rings is 1. The molecule has 0 aromatic heterocycles. The highest BCUT2D eigenvalue weighted by molar-refractivity contribution is 5.79. The van der Waals surface area contributed by atoms with Gasteiger partial charge < -0.3 is 10.1 Å². The zero-order valence-corrected chi connectivity index (χ0v) is 12.0. The Labute approximate surface area is 115 Å². The quantitative estimate of drug-likeness (QED) is 0.902. The van der Waals surface area contributed by atoms with Crippen LogP contribution < -0.4 is 10.1 Å². The van der Waals surface area contributed by atoms with Gasteiger partial charge in [-0.15, -0.1) is 0 Å². The van der Waals surface area contributed by atoms with Crippen LogP contribution in [-0.4, -0.2) is 13.0 Å². The number of hydrogen-bond donors (Lipinski definition) is 1. The predicted molar refractivity (Wildman–Crippen MR) is 76.2 cm³/mol. The minimum absolute atomic E-state index is 0.0112. The summed E-state index contributed by atoms with van der Waals surface area (Å²) in [5.74, 6) is 1.23. The van der Waals surface area contributed by atoms with Crippen molar-refractivity contribution in [1.29, 1.82) is 0 Å². The van der Waals surface area contributed by atoms with E-state index < -0.39 is 0 Å². The maximum Gasteiger partial charge on any atom is 0.223 e. The Kier molecular flexibility index (Phi) is 4.46. The summed E-state index contributed by atoms with van der Waals surface area (Å²) < 4.78 is 5.38. The second-order valence-corrected chi connectivity index (χ2v) is 5.46. The number of ether oxygens (including phenoxy) is 1. The van der Waals surface area contributed by atoms with Gasteiger partial charge in [-0.2, -0.15) is 0 Å². The Morgan fingerprint density at radius 3 is 2.68 bits per heavy atom. The fourth-order valence-electron chi connectivity index (χ4n) is 2.79. The van der Waals surface area contributed by atoms with Crippen LogP contribution in [0.1, 0.15) is 49.8 Å². The summed E-state index contributed by atoms with van der Waals surface area (Å²) in [6.45, 7) is 4.07. The second-order valence-electron chi connectivity index (χ2n) is 5.46. The van der Waals surface area contributed by atoms with Gasteiger partial charge in [0.25, 0.3) is 0 Å². The molecule has 2 rings (SSSR count). The van der Waals surface area contributed by atoms with E-state index in [1.165, 1.54) is 18.4 Å². The van der Waals surface area contributed by atoms with Crippen LogP contribution in [0.15, 0.2) is 18.2 Å². The highest BCUT2D eigenvalue weighted by atomic mass is 16.5. The van der Waals surface area contributed by atoms with Crippen molar-refractivity contribution in [2.24, 2.45) is 5.92 Å². The number of carbonyl (C=O) groups excluding carboxylic acids is 1. The van der Waals surface area contributed by atoms with Crippen LogP contribution in [0.4, 0.5) is 0 Å². The molecule has 0 bridgehead atoms. The average molecular weight is 261 g/mol. The Bertz CT molecular complexity index is 450. The van der Waals surface area contributed by atoms with Crippen molar-refractivity contribution in [2.75, 3.05) is 7.11 Å². The van der Waals surface area contributed by atoms with Crippen LogP contribution in [0.25, 0.3) is 0 Å². The maximum absolute atomic E-state index is 12.2. The molecule has 3 nitrogen and oxygen atoms in total. The molecular weight excluding hydrogens is 238 g/mol. The highest BCUT2D eigenvalue weighted by Gasteiger charge is 2.24. The molecule has 1 aromatic carbocycles. The molecular formula is C16H23NO2. The lowest BCUT2D eigenvalue weighted by Gasteiger charge is -2.20. The largest absolute Gasteiger partial charge is 0.496 e. The van der Waals surface area contributed by atoms with Gasteiger partial charge in [0.2, 0.25) is 5.91 Å². The summed E-state index contributed by atoms with van der Waals surface area (Å²) in [4.78, 5) is 12.2. The highest BCUT2D eigenvalue weighted by Crippen LogP contribution is 2.28. The lowest BCUT2D eigenvalue weighted by atomic mass is 10.0. The molecule has 0 heterocycles. The molecule has 1 amide bonds. The van der Waals surface area contributed by atoms with Crippen LogP contribution in [0.2, 0.25) is 0 Å². The molecule has 0 spiro atoms. The Morgan fingerprint density at radius 2 is 2.05 bits per heavy atom. The first kappa shape index (κ1) is 13.9. The van der Waals surface area contributed by atoms with Crippen molar-refractivity contribution in [3.63, 3.8) is 0 Å². The minimum atomic E-state index is -0.0112. The standard InChI is InChI=1S/C16H23NO2/c1-11-8-9-15(19-3)14(10-11)12(2)17-16(18)13-6-4-5-7-13/h8-10,12-13H,4-7H2,1-3H3,(H,17,18)/t12-/m0/s1. The van der Waals surface area contributed by atoms with Gasteiger partial charge in [-0.05, 0) is 32.8 Å². The van der Waals surface area contributed by atoms with Gasteiger partial charge in [0.05, 0.1) is 13.2 Å². The van der Waals surface area contributed by atoms with Crippen LogP contribution in [-0.2, 0) is 4.79 Å². The number of hydrogen-bond acceptors (Lipinski definition) is 2. The number of amides is 1. The number of nitrogens with one attached hydrogen (secondary N) is 1. The Hall–Kier alpha value is -1.51. The molecule has 1 aromatic rings. The molecule has 0 radical (unpaired) electrons. The molecule has 0 aliphatic heterocycles. The van der Waals surface area contributed by atoms with Gasteiger partial charge in [0, 0.05) is 11.5 Å². The zero-order valence-electron chi connectivity index (χ0n) is 12.0. The third kappa shape index (κ3) is 3.28. The van der Waals surface area contributed by atoms with Crippen LogP contribution in [0, 0.1) is 12.8 Å². The lowest BCUT2D eigenvalue weighted by Crippen LogP contribution is -2.31. The molecule has 1 atom stereocenters. The molecule has 0 unspecified atom stereocenters. The number of rotatable bonds is 4. The molecule has 1 aliphatic carbocycles. The first-order valence-electron chi connectivity index (χ1n) is 7.06. The van der Waals surface area contributed by atoms with Crippen molar-refractivity contribution < 1.29 is 9.53 Å². The number of carbonyl (C=O) groups is 1. The van der Waals surface area contributed by atoms with Gasteiger partial charge in [0.15, 0.2) is 0 Å². The fourth-order valence-corrected chi connectivity index (χ4v) is 2.79. The molecule has 3 heteroatoms. The molecule has 19 heavy (non-hydrogen) atoms. The van der Waals surface area contributed by atoms with Crippen molar-refractivity contribution >= 4 is 5.91 Å². The summed E-state index contributed by atoms with van der Waals surface area (Å²) in [6.07, 6.45) is 4.42. The fraction of sp³-hybridized carbons (Fsp3) is 0.562. The number of aryl methyl sites for hydroxylation is 1. The monoisotopic (exact) mass is 261 g/mol. The van der Waals surface area contributed by atoms with E-state index in [9.17, 15) is 4.79 Å². The van der Waals surface area contributed by atoms with Gasteiger partial charge >= 0.3 is 0 Å². The van der Waals surface area contributed by atoms with E-state index in [2.05, 4.69) is 18.3 Å². The third-order valence-electron chi connectivity index (χ3n) is 3.94. The van der Waals surface area contributed by atoms with E-state index in [1.54, 1.807) is 7.11 Å². The average Bonchev–Trinajstić information content (AvgIpc) is 2.92. The lowest BCUT2D eigenvalue weighted by molar-refractivity contribution is -0.125. The van der Waals surface area contributed by atoms with Crippen LogP contribution >= 0.6 is 0 Å². The van der Waals surface area contributed by atoms with Crippen molar-refractivity contribution in [3.8, 4) is 5.75 Å². The normalized spacial score (nSPS) is 17.2. The van der Waals surface area contributed by atoms with E-state index in [0.717, 1.165) is 24.2 Å². The molecule has 1 fully saturated rings. The molecule has 0 saturated heterocycles. The summed E-state index contributed by atoms with van der Waals surface area (Å²) in [7, 11) is 1.67. The molecule has 1 N–H and O–H groups in total. The maximum atomic E-state index is 12.2. The molecule has 1 aliphatic rings. The Morgan fingerprint density at radius 1 is 1.37 bits per heavy atom. The van der Waals surface area contributed by atoms with E-state index in [-0.39, 0.29) is 17.9 Å². The van der Waals surface area contributed by atoms with Gasteiger partial charge in [-0.1, -0.05) is 30.5 Å². The summed E-state index contributed by atoms with van der Waals surface area (Å²) in [5, 5.41) is 3.12. The number of methoxy groups -OCH3 is 1. The third-order valence-corrected chi connectivity index (χ3v) is 3.94. The van der Waals surface area contributed by atoms with Gasteiger partial charge in [-0.3, -0.25) is 4.79 Å². The summed E-state index contributed by atoms with van der Waals surface area (Å²) in [5.41, 5.74) is 2.23. The van der Waals surface area contributed by atoms with E-state index in [1.807, 2.05) is 19.1 Å². The smallest absolute Gasteiger partial charge is 0.223 e. The SMILES string of the molecule is COc1ccc(C)cc1[C@H](C)NC(=O)C1CCCC1. The predicted octanol–water partition coefficient (Wildman–Crippen LogP) is 3.37. The van der Waals surface area contributed by atoms with Crippen LogP contribution in [0.5, 0.6) is 5.75 Å². The van der Waals surface area contributed by atoms with E-state index >= 15 is 0 Å². The van der Waals surface area contributed by atoms with Crippen molar-refractivity contribution in [1.82, 2.24) is 5.32 Å². The summed E-state index contributed by atoms with van der Waals surface area (Å²) in [6, 6.07) is 6.05. The van der Waals surface area contributed by atoms with Gasteiger partial charge in [-0.25, -0.2) is 0 Å². The second kappa shape index (κ2) is 6.09. The van der Waals surface area contributed by atoms with E-state index in [0.29, 0.717) is 0 Å². The molecule has 104 valence electrons. The van der Waals surface area contributed by atoms with Crippen molar-refractivity contribution in [3.05, 3.63) is 29.3 Å². The zero-order chi connectivity index (χ0) is 13.8. The van der Waals surface area contributed by atoms with Crippen LogP contribution in [0.3, 0.4) is 0 Å². The summed E-state index contributed by atoms with van der Waals surface area (Å²) >= 11 is 0.